The summed E-state index contributed by atoms with van der Waals surface area (Å²) in [5, 5.41) is 0.644. The lowest BCUT2D eigenvalue weighted by Crippen LogP contribution is -2.12. The Bertz CT molecular complexity index is 1070. The molecule has 3 rings (SSSR count). The molecule has 21 heavy (non-hydrogen) atoms. The number of hydrogen-bond acceptors (Lipinski definition) is 4. The van der Waals surface area contributed by atoms with Crippen molar-refractivity contribution in [3.63, 3.8) is 0 Å². The summed E-state index contributed by atoms with van der Waals surface area (Å²) in [7, 11) is -4.02. The summed E-state index contributed by atoms with van der Waals surface area (Å²) >= 11 is 3.91. The van der Waals surface area contributed by atoms with Gasteiger partial charge in [-0.1, -0.05) is 18.2 Å². The molecule has 1 aromatic carbocycles. The standard InChI is InChI=1S/C14H11BrN2O2S2/c1-9-5-6-10-3-2-4-11(14(10)16-9)17-21(18,19)13-8-7-12(15)20-13/h2-8,17H,1H3/i5D,7D,8D. The highest BCUT2D eigenvalue weighted by molar-refractivity contribution is 9.11. The van der Waals surface area contributed by atoms with E-state index >= 15 is 0 Å². The Morgan fingerprint density at radius 1 is 1.29 bits per heavy atom. The van der Waals surface area contributed by atoms with E-state index in [-0.39, 0.29) is 28.0 Å². The first kappa shape index (κ1) is 11.2. The molecular weight excluding hydrogens is 372 g/mol. The van der Waals surface area contributed by atoms with Gasteiger partial charge in [-0.3, -0.25) is 9.71 Å². The Hall–Kier alpha value is -1.44. The summed E-state index contributed by atoms with van der Waals surface area (Å²) in [6.07, 6.45) is 0. The zero-order valence-electron chi connectivity index (χ0n) is 13.8. The summed E-state index contributed by atoms with van der Waals surface area (Å²) < 4.78 is 50.9. The van der Waals surface area contributed by atoms with Crippen molar-refractivity contribution < 1.29 is 12.5 Å². The number of halogens is 1. The van der Waals surface area contributed by atoms with Crippen molar-refractivity contribution in [3.8, 4) is 0 Å². The number of nitrogens with one attached hydrogen (secondary N) is 1. The third kappa shape index (κ3) is 2.95. The number of sulfonamides is 1. The first-order valence-corrected chi connectivity index (χ1v) is 8.95. The van der Waals surface area contributed by atoms with Crippen LogP contribution >= 0.6 is 27.3 Å². The zero-order chi connectivity index (χ0) is 17.6. The lowest BCUT2D eigenvalue weighted by Gasteiger charge is -2.09. The number of benzene rings is 1. The van der Waals surface area contributed by atoms with E-state index in [9.17, 15) is 8.42 Å². The molecule has 0 aliphatic carbocycles. The molecule has 3 aromatic rings. The monoisotopic (exact) mass is 385 g/mol. The van der Waals surface area contributed by atoms with E-state index in [1.165, 1.54) is 0 Å². The van der Waals surface area contributed by atoms with E-state index in [1.54, 1.807) is 31.2 Å². The Morgan fingerprint density at radius 3 is 2.81 bits per heavy atom. The Balaban J connectivity index is 2.12. The van der Waals surface area contributed by atoms with Gasteiger partial charge in [-0.05, 0) is 47.0 Å². The van der Waals surface area contributed by atoms with Gasteiger partial charge in [-0.25, -0.2) is 8.42 Å². The van der Waals surface area contributed by atoms with Crippen LogP contribution < -0.4 is 4.72 Å². The second-order valence-corrected chi connectivity index (χ2v) is 8.46. The highest BCUT2D eigenvalue weighted by Gasteiger charge is 2.18. The first-order valence-electron chi connectivity index (χ1n) is 7.36. The van der Waals surface area contributed by atoms with Gasteiger partial charge < -0.3 is 0 Å². The molecule has 0 aliphatic rings. The number of aryl methyl sites for hydroxylation is 1. The maximum absolute atomic E-state index is 12.6. The summed E-state index contributed by atoms with van der Waals surface area (Å²) in [5.41, 5.74) is 1.19. The molecule has 4 nitrogen and oxygen atoms in total. The van der Waals surface area contributed by atoms with Crippen LogP contribution in [0.5, 0.6) is 0 Å². The van der Waals surface area contributed by atoms with Crippen molar-refractivity contribution in [2.45, 2.75) is 11.1 Å². The highest BCUT2D eigenvalue weighted by atomic mass is 79.9. The number of nitrogens with zero attached hydrogens (tertiary/aromatic N) is 1. The van der Waals surface area contributed by atoms with E-state index in [2.05, 4.69) is 25.6 Å². The number of anilines is 1. The minimum absolute atomic E-state index is 0.161. The van der Waals surface area contributed by atoms with Crippen molar-refractivity contribution in [1.82, 2.24) is 4.98 Å². The number of para-hydroxylation sites is 1. The predicted octanol–water partition coefficient (Wildman–Crippen LogP) is 4.17. The maximum Gasteiger partial charge on any atom is 0.271 e. The van der Waals surface area contributed by atoms with Crippen molar-refractivity contribution >= 4 is 53.9 Å². The van der Waals surface area contributed by atoms with Crippen molar-refractivity contribution in [3.05, 3.63) is 51.9 Å². The molecule has 7 heteroatoms. The highest BCUT2D eigenvalue weighted by Crippen LogP contribution is 2.29. The van der Waals surface area contributed by atoms with Crippen LogP contribution in [0.1, 0.15) is 9.81 Å². The van der Waals surface area contributed by atoms with Crippen LogP contribution in [0.3, 0.4) is 0 Å². The third-order valence-corrected chi connectivity index (χ3v) is 5.96. The number of rotatable bonds is 3. The lowest BCUT2D eigenvalue weighted by atomic mass is 10.2. The van der Waals surface area contributed by atoms with Gasteiger partial charge >= 0.3 is 0 Å². The number of thiophene rings is 1. The number of fused-ring (bicyclic) bond motifs is 1. The smallest absolute Gasteiger partial charge is 0.271 e. The summed E-state index contributed by atoms with van der Waals surface area (Å²) in [6, 6.07) is 6.37. The number of pyridine rings is 1. The van der Waals surface area contributed by atoms with Gasteiger partial charge in [0.05, 0.1) is 19.1 Å². The summed E-state index contributed by atoms with van der Waals surface area (Å²) in [6.45, 7) is 1.68. The van der Waals surface area contributed by atoms with Crippen LogP contribution in [0.25, 0.3) is 10.9 Å². The molecule has 0 radical (unpaired) electrons. The molecule has 0 spiro atoms. The molecule has 0 atom stereocenters. The summed E-state index contributed by atoms with van der Waals surface area (Å²) in [4.78, 5) is 4.29. The predicted molar refractivity (Wildman–Crippen MR) is 89.3 cm³/mol. The van der Waals surface area contributed by atoms with E-state index < -0.39 is 10.0 Å². The average Bonchev–Trinajstić information content (AvgIpc) is 2.77. The van der Waals surface area contributed by atoms with Gasteiger partial charge in [0.2, 0.25) is 0 Å². The van der Waals surface area contributed by atoms with Crippen molar-refractivity contribution in [1.29, 1.82) is 0 Å². The molecule has 2 heterocycles. The Kier molecular flexibility index (Phi) is 2.87. The molecule has 0 fully saturated rings. The Labute approximate surface area is 139 Å². The largest absolute Gasteiger partial charge is 0.277 e. The van der Waals surface area contributed by atoms with Gasteiger partial charge in [-0.15, -0.1) is 11.3 Å². The summed E-state index contributed by atoms with van der Waals surface area (Å²) in [5.74, 6) is 0. The minimum atomic E-state index is -4.02. The van der Waals surface area contributed by atoms with Gasteiger partial charge in [0, 0.05) is 11.1 Å². The molecule has 1 N–H and O–H groups in total. The van der Waals surface area contributed by atoms with E-state index in [4.69, 9.17) is 4.11 Å². The zero-order valence-corrected chi connectivity index (χ0v) is 14.0. The fourth-order valence-corrected chi connectivity index (χ4v) is 4.63. The third-order valence-electron chi connectivity index (χ3n) is 2.72. The van der Waals surface area contributed by atoms with E-state index in [1.807, 2.05) is 0 Å². The fraction of sp³-hybridized carbons (Fsp3) is 0.0714. The molecule has 0 bridgehead atoms. The molecule has 0 saturated carbocycles. The van der Waals surface area contributed by atoms with Crippen LogP contribution in [-0.4, -0.2) is 13.4 Å². The van der Waals surface area contributed by atoms with Gasteiger partial charge in [0.1, 0.15) is 4.21 Å². The molecule has 0 unspecified atom stereocenters. The molecule has 0 amide bonds. The molecule has 2 aromatic heterocycles. The number of hydrogen-bond donors (Lipinski definition) is 1. The van der Waals surface area contributed by atoms with Crippen LogP contribution in [0.4, 0.5) is 5.69 Å². The SMILES string of the molecule is [2H]c1cc2cccc(NS(=O)(=O)c3sc(Br)c([2H])c3[2H])c2nc1C. The fourth-order valence-electron chi connectivity index (χ4n) is 1.81. The molecular formula is C14H11BrN2O2S2. The molecule has 108 valence electrons. The second-order valence-electron chi connectivity index (χ2n) is 4.25. The van der Waals surface area contributed by atoms with Gasteiger partial charge in [0.15, 0.2) is 0 Å². The minimum Gasteiger partial charge on any atom is -0.277 e. The molecule has 0 aliphatic heterocycles. The van der Waals surface area contributed by atoms with E-state index in [0.717, 1.165) is 11.3 Å². The van der Waals surface area contributed by atoms with Crippen LogP contribution in [0, 0.1) is 6.92 Å². The van der Waals surface area contributed by atoms with Crippen LogP contribution in [-0.2, 0) is 10.0 Å². The number of aromatic nitrogens is 1. The quantitative estimate of drug-likeness (QED) is 0.735. The van der Waals surface area contributed by atoms with Crippen molar-refractivity contribution in [2.75, 3.05) is 4.72 Å². The van der Waals surface area contributed by atoms with Crippen LogP contribution in [0.15, 0.2) is 50.4 Å². The topological polar surface area (TPSA) is 59.1 Å². The normalized spacial score (nSPS) is 13.7. The Morgan fingerprint density at radius 2 is 2.10 bits per heavy atom. The lowest BCUT2D eigenvalue weighted by molar-refractivity contribution is 0.603. The second kappa shape index (κ2) is 5.40. The maximum atomic E-state index is 12.6. The molecule has 0 saturated heterocycles. The first-order chi connectivity index (χ1) is 11.2. The van der Waals surface area contributed by atoms with Crippen LogP contribution in [0.2, 0.25) is 0 Å². The van der Waals surface area contributed by atoms with Gasteiger partial charge in [0.25, 0.3) is 10.0 Å². The van der Waals surface area contributed by atoms with Crippen molar-refractivity contribution in [2.24, 2.45) is 0 Å². The van der Waals surface area contributed by atoms with E-state index in [0.29, 0.717) is 20.4 Å². The average molecular weight is 386 g/mol. The van der Waals surface area contributed by atoms with Gasteiger partial charge in [-0.2, -0.15) is 0 Å².